The van der Waals surface area contributed by atoms with Gasteiger partial charge in [0.25, 0.3) is 0 Å². The summed E-state index contributed by atoms with van der Waals surface area (Å²) in [5.74, 6) is 0.846. The zero-order chi connectivity index (χ0) is 17.3. The number of rotatable bonds is 3. The normalized spacial score (nSPS) is 13.3. The first-order valence-corrected chi connectivity index (χ1v) is 8.47. The van der Waals surface area contributed by atoms with Crippen LogP contribution in [0, 0.1) is 0 Å². The minimum Gasteiger partial charge on any atom is -0.340 e. The lowest BCUT2D eigenvalue weighted by Crippen LogP contribution is -2.02. The highest BCUT2D eigenvalue weighted by molar-refractivity contribution is 6.13. The van der Waals surface area contributed by atoms with Crippen LogP contribution in [0.15, 0.2) is 88.2 Å². The van der Waals surface area contributed by atoms with Crippen LogP contribution in [0.3, 0.4) is 0 Å². The molecule has 0 amide bonds. The summed E-state index contributed by atoms with van der Waals surface area (Å²) in [6.45, 7) is 0.522. The predicted molar refractivity (Wildman–Crippen MR) is 105 cm³/mol. The smallest absolute Gasteiger partial charge is 0.138 e. The van der Waals surface area contributed by atoms with E-state index in [2.05, 4.69) is 57.2 Å². The van der Waals surface area contributed by atoms with Crippen molar-refractivity contribution in [2.45, 2.75) is 0 Å². The van der Waals surface area contributed by atoms with E-state index in [4.69, 9.17) is 4.98 Å². The molecule has 2 heterocycles. The molecule has 0 saturated carbocycles. The first-order valence-electron chi connectivity index (χ1n) is 8.47. The zero-order valence-electron chi connectivity index (χ0n) is 13.9. The maximum atomic E-state index is 4.90. The van der Waals surface area contributed by atoms with E-state index in [-0.39, 0.29) is 0 Å². The first-order chi connectivity index (χ1) is 12.9. The lowest BCUT2D eigenvalue weighted by atomic mass is 10.0. The fourth-order valence-corrected chi connectivity index (χ4v) is 3.25. The van der Waals surface area contributed by atoms with Gasteiger partial charge in [-0.05, 0) is 28.8 Å². The number of pyridine rings is 1. The van der Waals surface area contributed by atoms with Crippen molar-refractivity contribution < 1.29 is 0 Å². The molecule has 1 aliphatic heterocycles. The van der Waals surface area contributed by atoms with E-state index < -0.39 is 0 Å². The zero-order valence-corrected chi connectivity index (χ0v) is 13.9. The van der Waals surface area contributed by atoms with E-state index in [1.807, 2.05) is 36.4 Å². The molecular formula is C21H15N5. The summed E-state index contributed by atoms with van der Waals surface area (Å²) in [5, 5.41) is 18.6. The highest BCUT2D eigenvalue weighted by Crippen LogP contribution is 2.31. The summed E-state index contributed by atoms with van der Waals surface area (Å²) in [6, 6.07) is 24.6. The van der Waals surface area contributed by atoms with Gasteiger partial charge in [0.15, 0.2) is 0 Å². The number of anilines is 2. The number of aromatic nitrogens is 1. The second kappa shape index (κ2) is 6.04. The van der Waals surface area contributed by atoms with E-state index in [1.165, 1.54) is 5.39 Å². The van der Waals surface area contributed by atoms with Gasteiger partial charge in [0.2, 0.25) is 0 Å². The minimum absolute atomic E-state index is 0.522. The molecule has 5 nitrogen and oxygen atoms in total. The Bertz CT molecular complexity index is 1180. The minimum atomic E-state index is 0.522. The summed E-state index contributed by atoms with van der Waals surface area (Å²) in [6.07, 6.45) is 0. The number of para-hydroxylation sites is 1. The van der Waals surface area contributed by atoms with Gasteiger partial charge in [0.1, 0.15) is 12.4 Å². The summed E-state index contributed by atoms with van der Waals surface area (Å²) < 4.78 is 0. The van der Waals surface area contributed by atoms with Crippen LogP contribution in [-0.2, 0) is 0 Å². The molecule has 0 spiro atoms. The molecule has 26 heavy (non-hydrogen) atoms. The average molecular weight is 337 g/mol. The Labute approximate surface area is 150 Å². The molecule has 0 aliphatic carbocycles. The lowest BCUT2D eigenvalue weighted by Gasteiger charge is -2.12. The summed E-state index contributed by atoms with van der Waals surface area (Å²) in [7, 11) is 0. The third-order valence-corrected chi connectivity index (χ3v) is 4.52. The molecule has 4 aromatic rings. The molecule has 0 bridgehead atoms. The first kappa shape index (κ1) is 14.7. The molecule has 5 heteroatoms. The van der Waals surface area contributed by atoms with Gasteiger partial charge in [-0.3, -0.25) is 0 Å². The van der Waals surface area contributed by atoms with Gasteiger partial charge in [-0.15, -0.1) is 5.10 Å². The molecule has 0 atom stereocenters. The Kier molecular flexibility index (Phi) is 3.42. The molecule has 0 fully saturated rings. The summed E-state index contributed by atoms with van der Waals surface area (Å²) >= 11 is 0. The number of benzene rings is 3. The van der Waals surface area contributed by atoms with Crippen LogP contribution >= 0.6 is 0 Å². The Hall–Kier alpha value is -3.60. The van der Waals surface area contributed by atoms with Crippen molar-refractivity contribution in [2.24, 2.45) is 15.4 Å². The second-order valence-corrected chi connectivity index (χ2v) is 6.16. The van der Waals surface area contributed by atoms with Crippen LogP contribution in [0.1, 0.15) is 5.56 Å². The SMILES string of the molecule is c1ccc(Nc2nc3cc(C4=NN=NC4)ccc3c3ccccc23)cc1. The molecule has 1 N–H and O–H groups in total. The van der Waals surface area contributed by atoms with Crippen LogP contribution in [0.4, 0.5) is 11.5 Å². The monoisotopic (exact) mass is 337 g/mol. The number of hydrogen-bond acceptors (Lipinski definition) is 5. The van der Waals surface area contributed by atoms with Crippen LogP contribution in [0.25, 0.3) is 21.7 Å². The van der Waals surface area contributed by atoms with E-state index in [0.717, 1.165) is 39.1 Å². The topological polar surface area (TPSA) is 62.0 Å². The standard InChI is InChI=1S/C21H15N5/c1-2-6-15(7-3-1)23-21-18-9-5-4-8-16(18)17-11-10-14(12-19(17)24-21)20-13-22-26-25-20/h1-12H,13H2,(H,23,24). The van der Waals surface area contributed by atoms with Crippen molar-refractivity contribution in [1.82, 2.24) is 4.98 Å². The molecular weight excluding hydrogens is 322 g/mol. The summed E-state index contributed by atoms with van der Waals surface area (Å²) in [4.78, 5) is 4.90. The second-order valence-electron chi connectivity index (χ2n) is 6.16. The predicted octanol–water partition coefficient (Wildman–Crippen LogP) is 5.30. The van der Waals surface area contributed by atoms with Gasteiger partial charge in [-0.25, -0.2) is 4.98 Å². The van der Waals surface area contributed by atoms with Crippen molar-refractivity contribution in [3.8, 4) is 0 Å². The number of hydrogen-bond donors (Lipinski definition) is 1. The third-order valence-electron chi connectivity index (χ3n) is 4.52. The van der Waals surface area contributed by atoms with Crippen LogP contribution < -0.4 is 5.32 Å². The Morgan fingerprint density at radius 2 is 1.58 bits per heavy atom. The molecule has 124 valence electrons. The number of nitrogens with zero attached hydrogens (tertiary/aromatic N) is 4. The molecule has 0 radical (unpaired) electrons. The van der Waals surface area contributed by atoms with Crippen molar-refractivity contribution in [2.75, 3.05) is 11.9 Å². The summed E-state index contributed by atoms with van der Waals surface area (Å²) in [5.41, 5.74) is 3.82. The maximum Gasteiger partial charge on any atom is 0.138 e. The Morgan fingerprint density at radius 1 is 0.769 bits per heavy atom. The Balaban J connectivity index is 1.71. The molecule has 1 aromatic heterocycles. The van der Waals surface area contributed by atoms with E-state index in [0.29, 0.717) is 6.54 Å². The molecule has 1 aliphatic rings. The molecule has 3 aromatic carbocycles. The third kappa shape index (κ3) is 2.50. The lowest BCUT2D eigenvalue weighted by molar-refractivity contribution is 1.06. The highest BCUT2D eigenvalue weighted by Gasteiger charge is 2.12. The molecule has 0 saturated heterocycles. The van der Waals surface area contributed by atoms with Crippen LogP contribution in [0.5, 0.6) is 0 Å². The van der Waals surface area contributed by atoms with Crippen molar-refractivity contribution >= 4 is 38.9 Å². The average Bonchev–Trinajstić information content (AvgIpc) is 3.23. The molecule has 0 unspecified atom stereocenters. The van der Waals surface area contributed by atoms with Crippen molar-refractivity contribution in [3.05, 3.63) is 78.4 Å². The van der Waals surface area contributed by atoms with Crippen LogP contribution in [-0.4, -0.2) is 17.2 Å². The van der Waals surface area contributed by atoms with Gasteiger partial charge in [0, 0.05) is 22.0 Å². The largest absolute Gasteiger partial charge is 0.340 e. The fraction of sp³-hybridized carbons (Fsp3) is 0.0476. The number of nitrogens with one attached hydrogen (secondary N) is 1. The van der Waals surface area contributed by atoms with E-state index >= 15 is 0 Å². The highest BCUT2D eigenvalue weighted by atomic mass is 15.4. The molecule has 5 rings (SSSR count). The van der Waals surface area contributed by atoms with Gasteiger partial charge in [-0.2, -0.15) is 5.11 Å². The number of fused-ring (bicyclic) bond motifs is 3. The van der Waals surface area contributed by atoms with Gasteiger partial charge >= 0.3 is 0 Å². The quantitative estimate of drug-likeness (QED) is 0.516. The van der Waals surface area contributed by atoms with E-state index in [1.54, 1.807) is 0 Å². The van der Waals surface area contributed by atoms with Crippen molar-refractivity contribution in [1.29, 1.82) is 0 Å². The van der Waals surface area contributed by atoms with E-state index in [9.17, 15) is 0 Å². The maximum absolute atomic E-state index is 4.90. The van der Waals surface area contributed by atoms with Gasteiger partial charge in [-0.1, -0.05) is 54.6 Å². The van der Waals surface area contributed by atoms with Gasteiger partial charge in [0.05, 0.1) is 11.2 Å². The van der Waals surface area contributed by atoms with Crippen LogP contribution in [0.2, 0.25) is 0 Å². The van der Waals surface area contributed by atoms with Gasteiger partial charge < -0.3 is 5.32 Å². The fourth-order valence-electron chi connectivity index (χ4n) is 3.25. The van der Waals surface area contributed by atoms with Crippen molar-refractivity contribution in [3.63, 3.8) is 0 Å². The Morgan fingerprint density at radius 3 is 2.38 bits per heavy atom.